The molecule has 3 heterocycles. The van der Waals surface area contributed by atoms with Gasteiger partial charge in [-0.3, -0.25) is 0 Å². The van der Waals surface area contributed by atoms with Crippen molar-refractivity contribution in [3.63, 3.8) is 0 Å². The summed E-state index contributed by atoms with van der Waals surface area (Å²) in [6.45, 7) is 8.98. The summed E-state index contributed by atoms with van der Waals surface area (Å²) in [4.78, 5) is 17.1. The van der Waals surface area contributed by atoms with Crippen LogP contribution in [0.15, 0.2) is 42.6 Å². The molecule has 5 rings (SSSR count). The SMILES string of the molecule is CC1(C)OB(c2ccc3cc(-c4cnc5nc(CCCCN)[nH]c5n4)ccc3c2)OC1(C)C. The number of rotatable bonds is 6. The van der Waals surface area contributed by atoms with Gasteiger partial charge >= 0.3 is 7.12 Å². The van der Waals surface area contributed by atoms with Crippen LogP contribution in [0.2, 0.25) is 0 Å². The van der Waals surface area contributed by atoms with E-state index in [2.05, 4.69) is 79.0 Å². The summed E-state index contributed by atoms with van der Waals surface area (Å²) in [6.07, 6.45) is 4.62. The molecule has 1 saturated heterocycles. The van der Waals surface area contributed by atoms with Crippen LogP contribution in [0.1, 0.15) is 46.4 Å². The van der Waals surface area contributed by atoms with E-state index in [1.807, 2.05) is 0 Å². The number of nitrogens with one attached hydrogen (secondary N) is 1. The second kappa shape index (κ2) is 8.20. The molecule has 1 fully saturated rings. The molecule has 0 unspecified atom stereocenters. The fourth-order valence-corrected chi connectivity index (χ4v) is 4.08. The smallest absolute Gasteiger partial charge is 0.399 e. The Morgan fingerprint density at radius 2 is 1.67 bits per heavy atom. The number of unbranched alkanes of at least 4 members (excludes halogenated alkanes) is 1. The van der Waals surface area contributed by atoms with Crippen LogP contribution >= 0.6 is 0 Å². The van der Waals surface area contributed by atoms with E-state index in [9.17, 15) is 0 Å². The average Bonchev–Trinajstić information content (AvgIpc) is 3.29. The third-order valence-corrected chi connectivity index (χ3v) is 6.81. The highest BCUT2D eigenvalue weighted by Gasteiger charge is 2.51. The topological polar surface area (TPSA) is 98.9 Å². The zero-order chi connectivity index (χ0) is 23.2. The molecule has 0 radical (unpaired) electrons. The molecule has 0 amide bonds. The number of nitrogens with two attached hydrogens (primary N) is 1. The number of H-pyrrole nitrogens is 1. The van der Waals surface area contributed by atoms with Crippen molar-refractivity contribution in [1.82, 2.24) is 19.9 Å². The maximum absolute atomic E-state index is 6.21. The first-order chi connectivity index (χ1) is 15.8. The Kier molecular flexibility index (Phi) is 5.47. The van der Waals surface area contributed by atoms with E-state index < -0.39 is 0 Å². The number of aryl methyl sites for hydroxylation is 1. The molecule has 0 spiro atoms. The van der Waals surface area contributed by atoms with Gasteiger partial charge in [0.15, 0.2) is 11.3 Å². The standard InChI is InChI=1S/C25H30BN5O2/c1-24(2)25(3,4)33-26(32-24)19-11-10-16-13-18(9-8-17(16)14-19)20-15-28-22-23(29-20)31-21(30-22)7-5-6-12-27/h8-11,13-15H,5-7,12,27H2,1-4H3,(H,28,29,30,31). The lowest BCUT2D eigenvalue weighted by Gasteiger charge is -2.32. The summed E-state index contributed by atoms with van der Waals surface area (Å²) in [5.41, 5.74) is 9.09. The molecule has 2 aromatic carbocycles. The Balaban J connectivity index is 1.40. The van der Waals surface area contributed by atoms with E-state index in [-0.39, 0.29) is 18.3 Å². The number of aromatic nitrogens is 4. The Labute approximate surface area is 194 Å². The van der Waals surface area contributed by atoms with Crippen LogP contribution in [0.3, 0.4) is 0 Å². The molecule has 0 bridgehead atoms. The summed E-state index contributed by atoms with van der Waals surface area (Å²) < 4.78 is 12.4. The van der Waals surface area contributed by atoms with E-state index in [1.54, 1.807) is 6.20 Å². The van der Waals surface area contributed by atoms with Gasteiger partial charge in [-0.25, -0.2) is 15.0 Å². The molecule has 1 aliphatic rings. The Morgan fingerprint density at radius 3 is 2.42 bits per heavy atom. The predicted molar refractivity (Wildman–Crippen MR) is 132 cm³/mol. The lowest BCUT2D eigenvalue weighted by Crippen LogP contribution is -2.41. The second-order valence-corrected chi connectivity index (χ2v) is 9.77. The fraction of sp³-hybridized carbons (Fsp3) is 0.400. The van der Waals surface area contributed by atoms with Crippen LogP contribution in [-0.4, -0.2) is 44.8 Å². The van der Waals surface area contributed by atoms with Gasteiger partial charge in [-0.15, -0.1) is 0 Å². The molecule has 3 N–H and O–H groups in total. The van der Waals surface area contributed by atoms with E-state index >= 15 is 0 Å². The minimum absolute atomic E-state index is 0.356. The maximum Gasteiger partial charge on any atom is 0.494 e. The monoisotopic (exact) mass is 443 g/mol. The zero-order valence-electron chi connectivity index (χ0n) is 19.7. The van der Waals surface area contributed by atoms with Crippen LogP contribution in [-0.2, 0) is 15.7 Å². The van der Waals surface area contributed by atoms with Gasteiger partial charge in [0.25, 0.3) is 0 Å². The summed E-state index contributed by atoms with van der Waals surface area (Å²) in [7, 11) is -0.369. The van der Waals surface area contributed by atoms with Gasteiger partial charge in [-0.05, 0) is 69.4 Å². The molecule has 8 heteroatoms. The van der Waals surface area contributed by atoms with Gasteiger partial charge in [0.2, 0.25) is 0 Å². The quantitative estimate of drug-likeness (QED) is 0.348. The van der Waals surface area contributed by atoms with Crippen LogP contribution in [0.25, 0.3) is 33.3 Å². The number of fused-ring (bicyclic) bond motifs is 2. The van der Waals surface area contributed by atoms with Gasteiger partial charge in [0.1, 0.15) is 5.82 Å². The van der Waals surface area contributed by atoms with Crippen molar-refractivity contribution < 1.29 is 9.31 Å². The molecule has 4 aromatic rings. The van der Waals surface area contributed by atoms with Gasteiger partial charge in [0.05, 0.1) is 23.1 Å². The molecule has 1 aliphatic heterocycles. The van der Waals surface area contributed by atoms with Crippen molar-refractivity contribution in [3.05, 3.63) is 48.4 Å². The molecular formula is C25H30BN5O2. The number of nitrogens with zero attached hydrogens (tertiary/aromatic N) is 3. The first-order valence-corrected chi connectivity index (χ1v) is 11.6. The van der Waals surface area contributed by atoms with Crippen molar-refractivity contribution >= 4 is 34.6 Å². The normalized spacial score (nSPS) is 17.3. The molecule has 2 aromatic heterocycles. The minimum Gasteiger partial charge on any atom is -0.399 e. The average molecular weight is 443 g/mol. The molecule has 0 saturated carbocycles. The van der Waals surface area contributed by atoms with E-state index in [1.165, 1.54) is 0 Å². The number of hydrogen-bond donors (Lipinski definition) is 2. The fourth-order valence-electron chi connectivity index (χ4n) is 4.08. The molecule has 33 heavy (non-hydrogen) atoms. The summed E-state index contributed by atoms with van der Waals surface area (Å²) >= 11 is 0. The number of hydrogen-bond acceptors (Lipinski definition) is 6. The summed E-state index contributed by atoms with van der Waals surface area (Å²) in [5, 5.41) is 2.26. The minimum atomic E-state index is -0.369. The van der Waals surface area contributed by atoms with E-state index in [0.717, 1.165) is 52.6 Å². The van der Waals surface area contributed by atoms with Crippen LogP contribution < -0.4 is 11.2 Å². The van der Waals surface area contributed by atoms with Crippen LogP contribution in [0.5, 0.6) is 0 Å². The molecule has 7 nitrogen and oxygen atoms in total. The number of aromatic amines is 1. The highest BCUT2D eigenvalue weighted by Crippen LogP contribution is 2.36. The van der Waals surface area contributed by atoms with Crippen LogP contribution in [0.4, 0.5) is 0 Å². The molecular weight excluding hydrogens is 413 g/mol. The maximum atomic E-state index is 6.21. The van der Waals surface area contributed by atoms with E-state index in [0.29, 0.717) is 17.8 Å². The van der Waals surface area contributed by atoms with Crippen molar-refractivity contribution in [3.8, 4) is 11.3 Å². The Hall–Kier alpha value is -2.81. The first kappa shape index (κ1) is 22.0. The van der Waals surface area contributed by atoms with Crippen molar-refractivity contribution in [2.45, 2.75) is 58.2 Å². The highest BCUT2D eigenvalue weighted by atomic mass is 16.7. The third kappa shape index (κ3) is 4.14. The van der Waals surface area contributed by atoms with Gasteiger partial charge in [-0.2, -0.15) is 0 Å². The van der Waals surface area contributed by atoms with Crippen LogP contribution in [0, 0.1) is 0 Å². The van der Waals surface area contributed by atoms with Crippen molar-refractivity contribution in [2.24, 2.45) is 5.73 Å². The van der Waals surface area contributed by atoms with Crippen molar-refractivity contribution in [1.29, 1.82) is 0 Å². The summed E-state index contributed by atoms with van der Waals surface area (Å²) in [5.74, 6) is 0.907. The third-order valence-electron chi connectivity index (χ3n) is 6.81. The van der Waals surface area contributed by atoms with Gasteiger partial charge in [-0.1, -0.05) is 30.3 Å². The lowest BCUT2D eigenvalue weighted by atomic mass is 9.78. The second-order valence-electron chi connectivity index (χ2n) is 9.77. The molecule has 0 aliphatic carbocycles. The van der Waals surface area contributed by atoms with Gasteiger partial charge < -0.3 is 20.0 Å². The first-order valence-electron chi connectivity index (χ1n) is 11.6. The molecule has 170 valence electrons. The largest absolute Gasteiger partial charge is 0.494 e. The summed E-state index contributed by atoms with van der Waals surface area (Å²) in [6, 6.07) is 12.6. The number of benzene rings is 2. The number of imidazole rings is 1. The highest BCUT2D eigenvalue weighted by molar-refractivity contribution is 6.62. The van der Waals surface area contributed by atoms with E-state index in [4.69, 9.17) is 20.0 Å². The Bertz CT molecular complexity index is 1300. The van der Waals surface area contributed by atoms with Crippen molar-refractivity contribution in [2.75, 3.05) is 6.54 Å². The zero-order valence-corrected chi connectivity index (χ0v) is 19.7. The molecule has 0 atom stereocenters. The lowest BCUT2D eigenvalue weighted by molar-refractivity contribution is 0.00578. The Morgan fingerprint density at radius 1 is 0.939 bits per heavy atom. The van der Waals surface area contributed by atoms with Gasteiger partial charge in [0, 0.05) is 12.0 Å². The predicted octanol–water partition coefficient (Wildman–Crippen LogP) is 3.75.